The summed E-state index contributed by atoms with van der Waals surface area (Å²) >= 11 is 0. The summed E-state index contributed by atoms with van der Waals surface area (Å²) in [5.74, 6) is 0. The minimum absolute atomic E-state index is 0.0990. The number of hydrogen-bond acceptors (Lipinski definition) is 2. The third-order valence-electron chi connectivity index (χ3n) is 2.34. The van der Waals surface area contributed by atoms with Crippen LogP contribution in [0.4, 0.5) is 0 Å². The van der Waals surface area contributed by atoms with E-state index in [9.17, 15) is 5.11 Å². The first-order valence-electron chi connectivity index (χ1n) is 5.70. The lowest BCUT2D eigenvalue weighted by atomic mass is 9.89. The summed E-state index contributed by atoms with van der Waals surface area (Å²) < 4.78 is 0. The Morgan fingerprint density at radius 3 is 2.00 bits per heavy atom. The molecule has 16 heavy (non-hydrogen) atoms. The van der Waals surface area contributed by atoms with Gasteiger partial charge in [-0.15, -0.1) is 13.2 Å². The smallest absolute Gasteiger partial charge is 0.0769 e. The van der Waals surface area contributed by atoms with Crippen LogP contribution in [0.5, 0.6) is 0 Å². The van der Waals surface area contributed by atoms with Crippen LogP contribution in [0.25, 0.3) is 0 Å². The van der Waals surface area contributed by atoms with Gasteiger partial charge in [-0.1, -0.05) is 45.1 Å². The Labute approximate surface area is 100.0 Å². The molecule has 0 aliphatic rings. The quantitative estimate of drug-likeness (QED) is 0.671. The number of rotatable bonds is 7. The van der Waals surface area contributed by atoms with Crippen molar-refractivity contribution in [2.24, 2.45) is 5.41 Å². The normalized spacial score (nSPS) is 14.3. The molecule has 1 unspecified atom stereocenters. The number of aliphatic hydroxyl groups is 1. The molecule has 2 heteroatoms. The first kappa shape index (κ1) is 15.1. The summed E-state index contributed by atoms with van der Waals surface area (Å²) in [4.78, 5) is 2.19. The van der Waals surface area contributed by atoms with Crippen molar-refractivity contribution in [3.05, 3.63) is 37.5 Å². The molecule has 92 valence electrons. The molecule has 0 aliphatic heterocycles. The zero-order valence-corrected chi connectivity index (χ0v) is 10.8. The van der Waals surface area contributed by atoms with Crippen molar-refractivity contribution in [1.82, 2.24) is 4.90 Å². The van der Waals surface area contributed by atoms with Gasteiger partial charge in [0, 0.05) is 19.6 Å². The third-order valence-corrected chi connectivity index (χ3v) is 2.34. The van der Waals surface area contributed by atoms with Gasteiger partial charge in [0.1, 0.15) is 0 Å². The van der Waals surface area contributed by atoms with Crippen LogP contribution in [-0.4, -0.2) is 35.7 Å². The van der Waals surface area contributed by atoms with Crippen LogP contribution in [0.15, 0.2) is 37.5 Å². The molecule has 0 saturated heterocycles. The van der Waals surface area contributed by atoms with E-state index >= 15 is 0 Å². The molecule has 0 aromatic carbocycles. The van der Waals surface area contributed by atoms with Crippen molar-refractivity contribution >= 4 is 0 Å². The second-order valence-corrected chi connectivity index (χ2v) is 5.03. The molecule has 0 aliphatic carbocycles. The van der Waals surface area contributed by atoms with Crippen molar-refractivity contribution < 1.29 is 5.11 Å². The fraction of sp³-hybridized carbons (Fsp3) is 0.571. The Hall–Kier alpha value is -0.860. The van der Waals surface area contributed by atoms with Gasteiger partial charge in [-0.2, -0.15) is 0 Å². The van der Waals surface area contributed by atoms with E-state index in [-0.39, 0.29) is 5.41 Å². The number of aliphatic hydroxyl groups excluding tert-OH is 1. The first-order chi connectivity index (χ1) is 7.41. The van der Waals surface area contributed by atoms with E-state index in [1.54, 1.807) is 0 Å². The van der Waals surface area contributed by atoms with Crippen molar-refractivity contribution in [3.8, 4) is 0 Å². The number of nitrogens with zero attached hydrogens (tertiary/aromatic N) is 1. The van der Waals surface area contributed by atoms with E-state index in [0.717, 1.165) is 19.6 Å². The highest BCUT2D eigenvalue weighted by molar-refractivity contribution is 4.96. The summed E-state index contributed by atoms with van der Waals surface area (Å²) in [7, 11) is 0. The highest BCUT2D eigenvalue weighted by Gasteiger charge is 2.18. The van der Waals surface area contributed by atoms with Gasteiger partial charge < -0.3 is 5.11 Å². The number of hydrogen-bond donors (Lipinski definition) is 1. The monoisotopic (exact) mass is 223 g/mol. The SMILES string of the molecule is C=CCN(CC=C)C/C=C\C(O)C(C)(C)C. The van der Waals surface area contributed by atoms with E-state index in [0.29, 0.717) is 0 Å². The van der Waals surface area contributed by atoms with Gasteiger partial charge in [-0.25, -0.2) is 0 Å². The van der Waals surface area contributed by atoms with Gasteiger partial charge in [0.05, 0.1) is 6.10 Å². The standard InChI is InChI=1S/C14H25NO/c1-6-10-15(11-7-2)12-8-9-13(16)14(3,4)5/h6-9,13,16H,1-2,10-12H2,3-5H3/b9-8-. The molecule has 0 aromatic rings. The van der Waals surface area contributed by atoms with E-state index in [2.05, 4.69) is 18.1 Å². The fourth-order valence-corrected chi connectivity index (χ4v) is 1.22. The maximum Gasteiger partial charge on any atom is 0.0769 e. The predicted octanol–water partition coefficient (Wildman–Crippen LogP) is 2.62. The molecule has 2 nitrogen and oxygen atoms in total. The van der Waals surface area contributed by atoms with Crippen molar-refractivity contribution in [2.45, 2.75) is 26.9 Å². The van der Waals surface area contributed by atoms with Crippen molar-refractivity contribution in [2.75, 3.05) is 19.6 Å². The molecule has 0 heterocycles. The highest BCUT2D eigenvalue weighted by atomic mass is 16.3. The van der Waals surface area contributed by atoms with E-state index < -0.39 is 6.10 Å². The summed E-state index contributed by atoms with van der Waals surface area (Å²) in [6.07, 6.45) is 7.21. The zero-order valence-electron chi connectivity index (χ0n) is 10.8. The summed E-state index contributed by atoms with van der Waals surface area (Å²) in [5.41, 5.74) is -0.0990. The lowest BCUT2D eigenvalue weighted by molar-refractivity contribution is 0.105. The molecular formula is C14H25NO. The van der Waals surface area contributed by atoms with Gasteiger partial charge in [0.2, 0.25) is 0 Å². The molecule has 0 fully saturated rings. The lowest BCUT2D eigenvalue weighted by Gasteiger charge is -2.23. The Balaban J connectivity index is 4.13. The fourth-order valence-electron chi connectivity index (χ4n) is 1.22. The average molecular weight is 223 g/mol. The lowest BCUT2D eigenvalue weighted by Crippen LogP contribution is -2.26. The van der Waals surface area contributed by atoms with Gasteiger partial charge in [0.25, 0.3) is 0 Å². The molecule has 0 rings (SSSR count). The molecule has 0 amide bonds. The molecule has 1 N–H and O–H groups in total. The van der Waals surface area contributed by atoms with Gasteiger partial charge in [0.15, 0.2) is 0 Å². The Morgan fingerprint density at radius 2 is 1.62 bits per heavy atom. The second kappa shape index (κ2) is 7.42. The van der Waals surface area contributed by atoms with Gasteiger partial charge in [-0.05, 0) is 5.41 Å². The molecule has 0 aromatic heterocycles. The molecule has 0 bridgehead atoms. The van der Waals surface area contributed by atoms with Crippen LogP contribution in [0.1, 0.15) is 20.8 Å². The maximum atomic E-state index is 9.81. The largest absolute Gasteiger partial charge is 0.388 e. The Kier molecular flexibility index (Phi) is 7.02. The highest BCUT2D eigenvalue weighted by Crippen LogP contribution is 2.19. The van der Waals surface area contributed by atoms with Crippen molar-refractivity contribution in [1.29, 1.82) is 0 Å². The van der Waals surface area contributed by atoms with Crippen LogP contribution < -0.4 is 0 Å². The van der Waals surface area contributed by atoms with Crippen LogP contribution in [0.2, 0.25) is 0 Å². The molecule has 1 atom stereocenters. The predicted molar refractivity (Wildman–Crippen MR) is 71.4 cm³/mol. The Bertz CT molecular complexity index is 228. The molecule has 0 radical (unpaired) electrons. The second-order valence-electron chi connectivity index (χ2n) is 5.03. The minimum atomic E-state index is -0.401. The molecule has 0 spiro atoms. The van der Waals surface area contributed by atoms with E-state index in [1.165, 1.54) is 0 Å². The van der Waals surface area contributed by atoms with Crippen molar-refractivity contribution in [3.63, 3.8) is 0 Å². The summed E-state index contributed by atoms with van der Waals surface area (Å²) in [6, 6.07) is 0. The zero-order chi connectivity index (χ0) is 12.6. The van der Waals surface area contributed by atoms with Gasteiger partial charge in [-0.3, -0.25) is 4.90 Å². The topological polar surface area (TPSA) is 23.5 Å². The van der Waals surface area contributed by atoms with E-state index in [1.807, 2.05) is 45.1 Å². The van der Waals surface area contributed by atoms with Crippen LogP contribution in [-0.2, 0) is 0 Å². The average Bonchev–Trinajstić information content (AvgIpc) is 2.16. The van der Waals surface area contributed by atoms with Crippen LogP contribution in [0, 0.1) is 5.41 Å². The molecular weight excluding hydrogens is 198 g/mol. The first-order valence-corrected chi connectivity index (χ1v) is 5.70. The minimum Gasteiger partial charge on any atom is -0.388 e. The van der Waals surface area contributed by atoms with Crippen LogP contribution >= 0.6 is 0 Å². The third kappa shape index (κ3) is 6.59. The van der Waals surface area contributed by atoms with Gasteiger partial charge >= 0.3 is 0 Å². The maximum absolute atomic E-state index is 9.81. The Morgan fingerprint density at radius 1 is 1.12 bits per heavy atom. The summed E-state index contributed by atoms with van der Waals surface area (Å²) in [6.45, 7) is 16.0. The van der Waals surface area contributed by atoms with E-state index in [4.69, 9.17) is 0 Å². The summed E-state index contributed by atoms with van der Waals surface area (Å²) in [5, 5.41) is 9.81. The molecule has 0 saturated carbocycles. The van der Waals surface area contributed by atoms with Crippen LogP contribution in [0.3, 0.4) is 0 Å².